The lowest BCUT2D eigenvalue weighted by atomic mass is 9.94. The molecule has 2 aliphatic heterocycles. The molecule has 0 atom stereocenters. The number of nitrogens with one attached hydrogen (secondary N) is 1. The molecule has 2 fully saturated rings. The van der Waals surface area contributed by atoms with Gasteiger partial charge < -0.3 is 25.6 Å². The molecule has 8 heteroatoms. The fraction of sp³-hybridized carbons (Fsp3) is 0.538. The van der Waals surface area contributed by atoms with Gasteiger partial charge in [0.15, 0.2) is 0 Å². The normalized spacial score (nSPS) is 18.6. The summed E-state index contributed by atoms with van der Waals surface area (Å²) in [7, 11) is 1.53. The van der Waals surface area contributed by atoms with Crippen LogP contribution in [0.25, 0.3) is 0 Å². The molecule has 0 unspecified atom stereocenters. The maximum absolute atomic E-state index is 12.8. The van der Waals surface area contributed by atoms with Crippen LogP contribution in [0.2, 0.25) is 5.02 Å². The number of pyridine rings is 1. The number of likely N-dealkylation sites (tertiary alicyclic amines) is 2. The number of carbonyl (C=O) groups excluding carboxylic acids is 1. The zero-order chi connectivity index (χ0) is 23.9. The minimum atomic E-state index is -0.157. The van der Waals surface area contributed by atoms with Gasteiger partial charge in [-0.1, -0.05) is 17.7 Å². The summed E-state index contributed by atoms with van der Waals surface area (Å²) in [5, 5.41) is 3.52. The number of hydrogen-bond acceptors (Lipinski definition) is 6. The van der Waals surface area contributed by atoms with Crippen LogP contribution in [-0.2, 0) is 6.42 Å². The Morgan fingerprint density at radius 3 is 2.56 bits per heavy atom. The Morgan fingerprint density at radius 1 is 1.15 bits per heavy atom. The molecule has 0 aliphatic carbocycles. The smallest absolute Gasteiger partial charge is 0.255 e. The molecule has 4 rings (SSSR count). The summed E-state index contributed by atoms with van der Waals surface area (Å²) < 4.78 is 5.32. The van der Waals surface area contributed by atoms with E-state index in [-0.39, 0.29) is 11.9 Å². The predicted octanol–water partition coefficient (Wildman–Crippen LogP) is 3.47. The van der Waals surface area contributed by atoms with Crippen LogP contribution in [0.4, 0.5) is 5.69 Å². The average molecular weight is 486 g/mol. The van der Waals surface area contributed by atoms with Gasteiger partial charge in [0.25, 0.3) is 5.91 Å². The second-order valence-electron chi connectivity index (χ2n) is 9.48. The van der Waals surface area contributed by atoms with Gasteiger partial charge in [0.2, 0.25) is 0 Å². The Labute approximate surface area is 207 Å². The van der Waals surface area contributed by atoms with Crippen LogP contribution in [0.15, 0.2) is 36.5 Å². The third kappa shape index (κ3) is 6.62. The molecule has 7 nitrogen and oxygen atoms in total. The summed E-state index contributed by atoms with van der Waals surface area (Å²) in [6.07, 6.45) is 7.34. The van der Waals surface area contributed by atoms with Crippen LogP contribution >= 0.6 is 11.6 Å². The fourth-order valence-electron chi connectivity index (χ4n) is 5.01. The number of nitrogens with two attached hydrogens (primary N) is 1. The van der Waals surface area contributed by atoms with Crippen molar-refractivity contribution in [2.45, 2.75) is 38.1 Å². The van der Waals surface area contributed by atoms with Crippen LogP contribution < -0.4 is 15.8 Å². The topological polar surface area (TPSA) is 83.7 Å². The SMILES string of the molecule is COc1cc(N)c(Cl)cc1C(=O)NC1CCN(CC2CCN(CCc3ccccn3)CC2)CC1. The summed E-state index contributed by atoms with van der Waals surface area (Å²) in [6, 6.07) is 9.50. The molecule has 184 valence electrons. The van der Waals surface area contributed by atoms with Gasteiger partial charge in [-0.15, -0.1) is 0 Å². The molecule has 2 saturated heterocycles. The van der Waals surface area contributed by atoms with Crippen LogP contribution in [0, 0.1) is 5.92 Å². The number of halogens is 1. The lowest BCUT2D eigenvalue weighted by Gasteiger charge is -2.37. The van der Waals surface area contributed by atoms with Crippen LogP contribution in [-0.4, -0.2) is 73.1 Å². The number of rotatable bonds is 8. The van der Waals surface area contributed by atoms with E-state index in [1.54, 1.807) is 12.1 Å². The quantitative estimate of drug-likeness (QED) is 0.557. The summed E-state index contributed by atoms with van der Waals surface area (Å²) in [4.78, 5) is 22.4. The number of nitrogen functional groups attached to an aromatic ring is 1. The van der Waals surface area contributed by atoms with Crippen molar-refractivity contribution >= 4 is 23.2 Å². The summed E-state index contributed by atoms with van der Waals surface area (Å²) >= 11 is 6.12. The number of benzene rings is 1. The average Bonchev–Trinajstić information content (AvgIpc) is 2.86. The number of methoxy groups -OCH3 is 1. The molecule has 1 aromatic carbocycles. The van der Waals surface area contributed by atoms with Crippen molar-refractivity contribution in [1.82, 2.24) is 20.1 Å². The fourth-order valence-corrected chi connectivity index (χ4v) is 5.18. The molecular weight excluding hydrogens is 450 g/mol. The molecule has 2 aliphatic rings. The minimum Gasteiger partial charge on any atom is -0.496 e. The van der Waals surface area contributed by atoms with Gasteiger partial charge in [0, 0.05) is 56.6 Å². The van der Waals surface area contributed by atoms with E-state index in [0.29, 0.717) is 22.0 Å². The highest BCUT2D eigenvalue weighted by Gasteiger charge is 2.26. The van der Waals surface area contributed by atoms with Crippen molar-refractivity contribution in [1.29, 1.82) is 0 Å². The van der Waals surface area contributed by atoms with Crippen LogP contribution in [0.3, 0.4) is 0 Å². The first-order valence-electron chi connectivity index (χ1n) is 12.3. The van der Waals surface area contributed by atoms with Crippen molar-refractivity contribution in [3.8, 4) is 5.75 Å². The van der Waals surface area contributed by atoms with Crippen molar-refractivity contribution in [2.75, 3.05) is 52.1 Å². The first kappa shape index (κ1) is 24.8. The number of hydrogen-bond donors (Lipinski definition) is 2. The number of piperidine rings is 2. The van der Waals surface area contributed by atoms with E-state index >= 15 is 0 Å². The van der Waals surface area contributed by atoms with Gasteiger partial charge in [0.1, 0.15) is 5.75 Å². The van der Waals surface area contributed by atoms with E-state index in [4.69, 9.17) is 22.1 Å². The van der Waals surface area contributed by atoms with Crippen molar-refractivity contribution in [2.24, 2.45) is 5.92 Å². The zero-order valence-corrected chi connectivity index (χ0v) is 20.8. The number of anilines is 1. The van der Waals surface area contributed by atoms with Crippen molar-refractivity contribution < 1.29 is 9.53 Å². The number of amides is 1. The molecule has 0 radical (unpaired) electrons. The predicted molar refractivity (Wildman–Crippen MR) is 136 cm³/mol. The molecule has 1 amide bonds. The Bertz CT molecular complexity index is 942. The van der Waals surface area contributed by atoms with Gasteiger partial charge in [0.05, 0.1) is 23.4 Å². The zero-order valence-electron chi connectivity index (χ0n) is 20.0. The maximum Gasteiger partial charge on any atom is 0.255 e. The third-order valence-corrected chi connectivity index (χ3v) is 7.45. The van der Waals surface area contributed by atoms with E-state index in [2.05, 4.69) is 32.2 Å². The van der Waals surface area contributed by atoms with Crippen molar-refractivity contribution in [3.05, 3.63) is 52.8 Å². The van der Waals surface area contributed by atoms with Gasteiger partial charge in [-0.25, -0.2) is 0 Å². The van der Waals surface area contributed by atoms with E-state index in [0.717, 1.165) is 51.4 Å². The molecule has 0 saturated carbocycles. The molecule has 0 spiro atoms. The molecule has 34 heavy (non-hydrogen) atoms. The van der Waals surface area contributed by atoms with E-state index in [1.807, 2.05) is 12.3 Å². The number of ether oxygens (including phenoxy) is 1. The lowest BCUT2D eigenvalue weighted by Crippen LogP contribution is -2.47. The summed E-state index contributed by atoms with van der Waals surface area (Å²) in [6.45, 7) is 6.65. The third-order valence-electron chi connectivity index (χ3n) is 7.12. The second-order valence-corrected chi connectivity index (χ2v) is 9.89. The van der Waals surface area contributed by atoms with E-state index < -0.39 is 0 Å². The molecule has 2 aromatic rings. The Hall–Kier alpha value is -2.35. The van der Waals surface area contributed by atoms with E-state index in [9.17, 15) is 4.79 Å². The molecule has 3 heterocycles. The van der Waals surface area contributed by atoms with E-state index in [1.165, 1.54) is 38.7 Å². The molecule has 1 aromatic heterocycles. The standard InChI is InChI=1S/C26H36ClN5O2/c1-34-25-17-24(28)23(27)16-22(25)26(33)30-21-8-14-32(15-9-21)18-19-5-11-31(12-6-19)13-7-20-4-2-3-10-29-20/h2-4,10,16-17,19,21H,5-9,11-15,18,28H2,1H3,(H,30,33). The van der Waals surface area contributed by atoms with Gasteiger partial charge in [-0.3, -0.25) is 9.78 Å². The van der Waals surface area contributed by atoms with Gasteiger partial charge >= 0.3 is 0 Å². The molecule has 0 bridgehead atoms. The second kappa shape index (κ2) is 11.9. The largest absolute Gasteiger partial charge is 0.496 e. The summed E-state index contributed by atoms with van der Waals surface area (Å²) in [5.74, 6) is 1.05. The highest BCUT2D eigenvalue weighted by molar-refractivity contribution is 6.33. The minimum absolute atomic E-state index is 0.157. The lowest BCUT2D eigenvalue weighted by molar-refractivity contribution is 0.0888. The Kier molecular flexibility index (Phi) is 8.64. The first-order valence-corrected chi connectivity index (χ1v) is 12.7. The van der Waals surface area contributed by atoms with Gasteiger partial charge in [-0.2, -0.15) is 0 Å². The van der Waals surface area contributed by atoms with Crippen LogP contribution in [0.1, 0.15) is 41.7 Å². The van der Waals surface area contributed by atoms with Crippen molar-refractivity contribution in [3.63, 3.8) is 0 Å². The molecule has 3 N–H and O–H groups in total. The summed E-state index contributed by atoms with van der Waals surface area (Å²) in [5.41, 5.74) is 7.85. The van der Waals surface area contributed by atoms with Crippen LogP contribution in [0.5, 0.6) is 5.75 Å². The molecular formula is C26H36ClN5O2. The highest BCUT2D eigenvalue weighted by Crippen LogP contribution is 2.29. The monoisotopic (exact) mass is 485 g/mol. The first-order chi connectivity index (χ1) is 16.5. The Morgan fingerprint density at radius 2 is 1.88 bits per heavy atom. The number of aromatic nitrogens is 1. The maximum atomic E-state index is 12.8. The highest BCUT2D eigenvalue weighted by atomic mass is 35.5. The Balaban J connectivity index is 1.16. The van der Waals surface area contributed by atoms with Gasteiger partial charge in [-0.05, 0) is 62.9 Å². The number of carbonyl (C=O) groups is 1. The number of nitrogens with zero attached hydrogens (tertiary/aromatic N) is 3.